The molecule has 1 heterocycles. The number of nitrogens with one attached hydrogen (secondary N) is 1. The molecule has 7 nitrogen and oxygen atoms in total. The van der Waals surface area contributed by atoms with Crippen LogP contribution in [-0.2, 0) is 20.9 Å². The van der Waals surface area contributed by atoms with Crippen LogP contribution in [0.5, 0.6) is 11.5 Å². The van der Waals surface area contributed by atoms with E-state index >= 15 is 0 Å². The van der Waals surface area contributed by atoms with Gasteiger partial charge in [-0.2, -0.15) is 0 Å². The number of nitrogens with zero attached hydrogens (tertiary/aromatic N) is 1. The minimum atomic E-state index is -0.529. The SMILES string of the molecule is CCOc1cc(C2C3=C(CC(C)(C)CC3=O)N(Cc3ccccc3)C3=C2C(=O)CC(C)(C)C3)cc(I)c1OCC(=O)Nc1ccc(Cl)cc1. The summed E-state index contributed by atoms with van der Waals surface area (Å²) < 4.78 is 12.9. The fourth-order valence-electron chi connectivity index (χ4n) is 7.36. The molecule has 9 heteroatoms. The molecule has 1 amide bonds. The Hall–Kier alpha value is -3.63. The minimum absolute atomic E-state index is 0.0747. The number of hydrogen-bond acceptors (Lipinski definition) is 6. The molecule has 0 atom stereocenters. The molecule has 1 aliphatic heterocycles. The number of Topliss-reactive ketones (excluding diaryl/α,β-unsaturated/α-hetero) is 2. The van der Waals surface area contributed by atoms with E-state index in [1.54, 1.807) is 24.3 Å². The maximum Gasteiger partial charge on any atom is 0.262 e. The zero-order valence-electron chi connectivity index (χ0n) is 28.6. The molecule has 3 aromatic carbocycles. The molecule has 256 valence electrons. The highest BCUT2D eigenvalue weighted by Crippen LogP contribution is 2.55. The summed E-state index contributed by atoms with van der Waals surface area (Å²) in [5.74, 6) is 0.197. The van der Waals surface area contributed by atoms with Gasteiger partial charge in [0.25, 0.3) is 5.91 Å². The predicted octanol–water partition coefficient (Wildman–Crippen LogP) is 9.25. The third-order valence-electron chi connectivity index (χ3n) is 9.35. The van der Waals surface area contributed by atoms with Crippen LogP contribution in [0.1, 0.15) is 77.3 Å². The van der Waals surface area contributed by atoms with Crippen molar-refractivity contribution in [3.63, 3.8) is 0 Å². The van der Waals surface area contributed by atoms with Crippen LogP contribution < -0.4 is 14.8 Å². The largest absolute Gasteiger partial charge is 0.490 e. The van der Waals surface area contributed by atoms with E-state index in [0.717, 1.165) is 38.9 Å². The van der Waals surface area contributed by atoms with E-state index in [1.807, 2.05) is 37.3 Å². The van der Waals surface area contributed by atoms with Gasteiger partial charge in [-0.15, -0.1) is 0 Å². The Morgan fingerprint density at radius 2 is 1.47 bits per heavy atom. The first kappa shape index (κ1) is 35.2. The molecule has 0 spiro atoms. The maximum atomic E-state index is 14.3. The van der Waals surface area contributed by atoms with Crippen molar-refractivity contribution in [2.24, 2.45) is 10.8 Å². The lowest BCUT2D eigenvalue weighted by atomic mass is 9.63. The minimum Gasteiger partial charge on any atom is -0.490 e. The van der Waals surface area contributed by atoms with Gasteiger partial charge < -0.3 is 19.7 Å². The second kappa shape index (κ2) is 13.9. The van der Waals surface area contributed by atoms with E-state index in [2.05, 4.69) is 72.6 Å². The molecule has 3 aromatic rings. The standard InChI is InChI=1S/C40H42ClIN2O5/c1-6-48-33-17-25(16-28(42)38(33)49-23-34(47)43-27-14-12-26(41)13-15-27)35-36-29(18-39(2,3)20-31(36)45)44(22-24-10-8-7-9-11-24)30-19-40(4,5)21-32(46)37(30)35/h7-17,35H,6,18-23H2,1-5H3,(H,43,47). The van der Waals surface area contributed by atoms with Gasteiger partial charge in [-0.25, -0.2) is 0 Å². The summed E-state index contributed by atoms with van der Waals surface area (Å²) in [6.45, 7) is 11.2. The molecule has 0 saturated carbocycles. The molecule has 0 saturated heterocycles. The molecular formula is C40H42ClIN2O5. The number of hydrogen-bond donors (Lipinski definition) is 1. The van der Waals surface area contributed by atoms with Crippen LogP contribution in [-0.4, -0.2) is 35.6 Å². The van der Waals surface area contributed by atoms with Crippen LogP contribution in [0.25, 0.3) is 0 Å². The van der Waals surface area contributed by atoms with Crippen molar-refractivity contribution in [1.82, 2.24) is 4.90 Å². The van der Waals surface area contributed by atoms with Gasteiger partial charge in [0.2, 0.25) is 0 Å². The maximum absolute atomic E-state index is 14.3. The van der Waals surface area contributed by atoms with Crippen molar-refractivity contribution < 1.29 is 23.9 Å². The number of halogens is 2. The van der Waals surface area contributed by atoms with E-state index in [0.29, 0.717) is 59.3 Å². The first-order valence-corrected chi connectivity index (χ1v) is 18.2. The zero-order valence-corrected chi connectivity index (χ0v) is 31.5. The van der Waals surface area contributed by atoms with Crippen LogP contribution >= 0.6 is 34.2 Å². The summed E-state index contributed by atoms with van der Waals surface area (Å²) in [5.41, 5.74) is 5.52. The van der Waals surface area contributed by atoms with E-state index in [9.17, 15) is 14.4 Å². The highest BCUT2D eigenvalue weighted by atomic mass is 127. The fraction of sp³-hybridized carbons (Fsp3) is 0.375. The summed E-state index contributed by atoms with van der Waals surface area (Å²) in [7, 11) is 0. The average molecular weight is 793 g/mol. The molecule has 49 heavy (non-hydrogen) atoms. The van der Waals surface area contributed by atoms with Gasteiger partial charge in [0.05, 0.1) is 10.2 Å². The lowest BCUT2D eigenvalue weighted by Gasteiger charge is -2.49. The number of allylic oxidation sites excluding steroid dienone is 4. The summed E-state index contributed by atoms with van der Waals surface area (Å²) in [6, 6.07) is 21.0. The number of benzene rings is 3. The summed E-state index contributed by atoms with van der Waals surface area (Å²) in [5, 5.41) is 3.40. The van der Waals surface area contributed by atoms with Crippen LogP contribution in [0.3, 0.4) is 0 Å². The first-order chi connectivity index (χ1) is 23.2. The Bertz CT molecular complexity index is 1810. The molecule has 3 aliphatic rings. The van der Waals surface area contributed by atoms with Crippen molar-refractivity contribution in [1.29, 1.82) is 0 Å². The topological polar surface area (TPSA) is 84.9 Å². The van der Waals surface area contributed by atoms with Gasteiger partial charge in [-0.05, 0) is 101 Å². The van der Waals surface area contributed by atoms with E-state index in [1.165, 1.54) is 0 Å². The number of ketones is 2. The summed E-state index contributed by atoms with van der Waals surface area (Å²) in [4.78, 5) is 43.7. The Balaban J connectivity index is 1.44. The lowest BCUT2D eigenvalue weighted by Crippen LogP contribution is -2.44. The van der Waals surface area contributed by atoms with E-state index in [4.69, 9.17) is 21.1 Å². The third kappa shape index (κ3) is 7.60. The molecule has 0 fully saturated rings. The van der Waals surface area contributed by atoms with Crippen LogP contribution in [0.15, 0.2) is 89.3 Å². The van der Waals surface area contributed by atoms with Crippen molar-refractivity contribution >= 4 is 57.4 Å². The average Bonchev–Trinajstić information content (AvgIpc) is 3.02. The normalized spacial score (nSPS) is 18.6. The number of amides is 1. The third-order valence-corrected chi connectivity index (χ3v) is 10.4. The first-order valence-electron chi connectivity index (χ1n) is 16.7. The van der Waals surface area contributed by atoms with Gasteiger partial charge in [0.1, 0.15) is 0 Å². The lowest BCUT2D eigenvalue weighted by molar-refractivity contribution is -0.120. The van der Waals surface area contributed by atoms with Crippen LogP contribution in [0.4, 0.5) is 5.69 Å². The van der Waals surface area contributed by atoms with Gasteiger partial charge in [0.15, 0.2) is 29.7 Å². The molecule has 1 N–H and O–H groups in total. The Morgan fingerprint density at radius 3 is 2.04 bits per heavy atom. The van der Waals surface area contributed by atoms with Crippen molar-refractivity contribution in [3.8, 4) is 11.5 Å². The molecule has 0 radical (unpaired) electrons. The van der Waals surface area contributed by atoms with Crippen molar-refractivity contribution in [2.75, 3.05) is 18.5 Å². The van der Waals surface area contributed by atoms with Gasteiger partial charge >= 0.3 is 0 Å². The zero-order chi connectivity index (χ0) is 35.1. The van der Waals surface area contributed by atoms with Crippen LogP contribution in [0.2, 0.25) is 5.02 Å². The molecule has 6 rings (SSSR count). The molecule has 2 aliphatic carbocycles. The molecule has 0 aromatic heterocycles. The number of anilines is 1. The quantitative estimate of drug-likeness (QED) is 0.218. The fourth-order valence-corrected chi connectivity index (χ4v) is 8.27. The number of carbonyl (C=O) groups excluding carboxylic acids is 3. The molecule has 0 bridgehead atoms. The Labute approximate surface area is 307 Å². The summed E-state index contributed by atoms with van der Waals surface area (Å²) >= 11 is 8.18. The van der Waals surface area contributed by atoms with E-state index in [-0.39, 0.29) is 34.9 Å². The van der Waals surface area contributed by atoms with Crippen LogP contribution in [0, 0.1) is 14.4 Å². The second-order valence-corrected chi connectivity index (χ2v) is 16.3. The monoisotopic (exact) mass is 792 g/mol. The van der Waals surface area contributed by atoms with E-state index < -0.39 is 5.92 Å². The predicted molar refractivity (Wildman–Crippen MR) is 201 cm³/mol. The van der Waals surface area contributed by atoms with Crippen molar-refractivity contribution in [3.05, 3.63) is 109 Å². The van der Waals surface area contributed by atoms with Gasteiger partial charge in [-0.1, -0.05) is 69.6 Å². The Kier molecular flexibility index (Phi) is 10.0. The van der Waals surface area contributed by atoms with Gasteiger partial charge in [0, 0.05) is 58.6 Å². The second-order valence-electron chi connectivity index (χ2n) is 14.7. The Morgan fingerprint density at radius 1 is 0.878 bits per heavy atom. The molecular weight excluding hydrogens is 751 g/mol. The number of ether oxygens (including phenoxy) is 2. The highest BCUT2D eigenvalue weighted by Gasteiger charge is 2.49. The summed E-state index contributed by atoms with van der Waals surface area (Å²) in [6.07, 6.45) is 2.26. The van der Waals surface area contributed by atoms with Gasteiger partial charge in [-0.3, -0.25) is 14.4 Å². The molecule has 0 unspecified atom stereocenters. The van der Waals surface area contributed by atoms with Crippen molar-refractivity contribution in [2.45, 2.75) is 72.8 Å². The smallest absolute Gasteiger partial charge is 0.262 e. The number of rotatable bonds is 9. The highest BCUT2D eigenvalue weighted by molar-refractivity contribution is 14.1. The number of carbonyl (C=O) groups is 3.